The Bertz CT molecular complexity index is 769. The third kappa shape index (κ3) is 4.72. The Labute approximate surface area is 166 Å². The molecule has 2 aromatic rings. The minimum absolute atomic E-state index is 0.158. The molecule has 2 fully saturated rings. The van der Waals surface area contributed by atoms with E-state index >= 15 is 0 Å². The van der Waals surface area contributed by atoms with E-state index < -0.39 is 0 Å². The zero-order chi connectivity index (χ0) is 19.3. The summed E-state index contributed by atoms with van der Waals surface area (Å²) in [6, 6.07) is 8.77. The van der Waals surface area contributed by atoms with Gasteiger partial charge in [-0.1, -0.05) is 0 Å². The highest BCUT2D eigenvalue weighted by atomic mass is 16.5. The molecule has 1 saturated heterocycles. The highest BCUT2D eigenvalue weighted by Crippen LogP contribution is 2.25. The van der Waals surface area contributed by atoms with Crippen molar-refractivity contribution in [3.63, 3.8) is 0 Å². The number of aliphatic hydroxyl groups is 1. The maximum Gasteiger partial charge on any atom is 0.224 e. The molecule has 0 bridgehead atoms. The average molecular weight is 383 g/mol. The molecule has 2 aliphatic rings. The molecule has 0 atom stereocenters. The van der Waals surface area contributed by atoms with Crippen LogP contribution in [0.1, 0.15) is 31.2 Å². The van der Waals surface area contributed by atoms with Crippen molar-refractivity contribution < 1.29 is 9.84 Å². The first-order chi connectivity index (χ1) is 13.7. The third-order valence-electron chi connectivity index (χ3n) is 5.51. The highest BCUT2D eigenvalue weighted by molar-refractivity contribution is 5.63. The second-order valence-corrected chi connectivity index (χ2v) is 7.65. The summed E-state index contributed by atoms with van der Waals surface area (Å²) in [6.07, 6.45) is 5.26. The van der Waals surface area contributed by atoms with E-state index in [0.29, 0.717) is 12.0 Å². The lowest BCUT2D eigenvalue weighted by molar-refractivity contribution is 0.122. The van der Waals surface area contributed by atoms with E-state index in [1.165, 1.54) is 5.69 Å². The standard InChI is InChI=1S/C21H29N5O2/c1-15-14-22-21(24-17-4-8-19(27)9-5-17)25-20(15)23-16-2-6-18(7-3-16)26-10-12-28-13-11-26/h2-3,6-7,14,17,19,27H,4-5,8-13H2,1H3,(H2,22,23,24,25). The van der Waals surface area contributed by atoms with Gasteiger partial charge in [-0.3, -0.25) is 0 Å². The summed E-state index contributed by atoms with van der Waals surface area (Å²) in [5.41, 5.74) is 3.22. The first-order valence-corrected chi connectivity index (χ1v) is 10.2. The Morgan fingerprint density at radius 1 is 1.07 bits per heavy atom. The van der Waals surface area contributed by atoms with Crippen LogP contribution in [0.2, 0.25) is 0 Å². The van der Waals surface area contributed by atoms with Gasteiger partial charge in [0.25, 0.3) is 0 Å². The van der Waals surface area contributed by atoms with Gasteiger partial charge in [-0.25, -0.2) is 4.98 Å². The molecule has 3 N–H and O–H groups in total. The molecule has 0 amide bonds. The number of ether oxygens (including phenoxy) is 1. The SMILES string of the molecule is Cc1cnc(NC2CCC(O)CC2)nc1Nc1ccc(N2CCOCC2)cc1. The highest BCUT2D eigenvalue weighted by Gasteiger charge is 2.20. The number of hydrogen-bond donors (Lipinski definition) is 3. The van der Waals surface area contributed by atoms with Gasteiger partial charge in [-0.05, 0) is 56.9 Å². The number of nitrogens with zero attached hydrogens (tertiary/aromatic N) is 3. The van der Waals surface area contributed by atoms with Gasteiger partial charge in [0, 0.05) is 42.3 Å². The molecule has 7 nitrogen and oxygen atoms in total. The number of morpholine rings is 1. The van der Waals surface area contributed by atoms with Crippen LogP contribution in [-0.4, -0.2) is 53.5 Å². The molecule has 1 aliphatic carbocycles. The smallest absolute Gasteiger partial charge is 0.224 e. The average Bonchev–Trinajstić information content (AvgIpc) is 2.73. The molecule has 150 valence electrons. The van der Waals surface area contributed by atoms with Crippen LogP contribution in [0.4, 0.5) is 23.1 Å². The van der Waals surface area contributed by atoms with Crippen molar-refractivity contribution in [3.8, 4) is 0 Å². The fraction of sp³-hybridized carbons (Fsp3) is 0.524. The lowest BCUT2D eigenvalue weighted by Gasteiger charge is -2.29. The van der Waals surface area contributed by atoms with Gasteiger partial charge in [-0.15, -0.1) is 0 Å². The van der Waals surface area contributed by atoms with E-state index in [1.807, 2.05) is 13.1 Å². The van der Waals surface area contributed by atoms with E-state index in [2.05, 4.69) is 49.8 Å². The minimum atomic E-state index is -0.158. The maximum absolute atomic E-state index is 9.66. The quantitative estimate of drug-likeness (QED) is 0.732. The van der Waals surface area contributed by atoms with Gasteiger partial charge in [0.2, 0.25) is 5.95 Å². The third-order valence-corrected chi connectivity index (χ3v) is 5.51. The van der Waals surface area contributed by atoms with Crippen LogP contribution in [0, 0.1) is 6.92 Å². The molecule has 1 aromatic carbocycles. The Hall–Kier alpha value is -2.38. The van der Waals surface area contributed by atoms with Crippen molar-refractivity contribution in [1.82, 2.24) is 9.97 Å². The minimum Gasteiger partial charge on any atom is -0.393 e. The molecular formula is C21H29N5O2. The Balaban J connectivity index is 1.41. The molecular weight excluding hydrogens is 354 g/mol. The van der Waals surface area contributed by atoms with Crippen molar-refractivity contribution in [3.05, 3.63) is 36.0 Å². The van der Waals surface area contributed by atoms with E-state index in [0.717, 1.165) is 69.1 Å². The summed E-state index contributed by atoms with van der Waals surface area (Å²) in [7, 11) is 0. The molecule has 4 rings (SSSR count). The van der Waals surface area contributed by atoms with E-state index in [-0.39, 0.29) is 6.10 Å². The molecule has 0 unspecified atom stereocenters. The number of hydrogen-bond acceptors (Lipinski definition) is 7. The molecule has 1 aromatic heterocycles. The molecule has 2 heterocycles. The monoisotopic (exact) mass is 383 g/mol. The van der Waals surface area contributed by atoms with Gasteiger partial charge in [0.05, 0.1) is 19.3 Å². The number of aryl methyl sites for hydroxylation is 1. The number of aliphatic hydroxyl groups excluding tert-OH is 1. The molecule has 1 saturated carbocycles. The van der Waals surface area contributed by atoms with Crippen LogP contribution < -0.4 is 15.5 Å². The molecule has 1 aliphatic heterocycles. The largest absolute Gasteiger partial charge is 0.393 e. The Morgan fingerprint density at radius 3 is 2.50 bits per heavy atom. The van der Waals surface area contributed by atoms with Crippen molar-refractivity contribution in [2.24, 2.45) is 0 Å². The van der Waals surface area contributed by atoms with Crippen molar-refractivity contribution in [2.45, 2.75) is 44.8 Å². The van der Waals surface area contributed by atoms with Gasteiger partial charge >= 0.3 is 0 Å². The van der Waals surface area contributed by atoms with E-state index in [9.17, 15) is 5.11 Å². The lowest BCUT2D eigenvalue weighted by atomic mass is 9.93. The van der Waals surface area contributed by atoms with Gasteiger partial charge in [0.1, 0.15) is 5.82 Å². The molecule has 7 heteroatoms. The number of aromatic nitrogens is 2. The van der Waals surface area contributed by atoms with Crippen LogP contribution in [0.5, 0.6) is 0 Å². The second kappa shape index (κ2) is 8.75. The Morgan fingerprint density at radius 2 is 1.79 bits per heavy atom. The predicted molar refractivity (Wildman–Crippen MR) is 111 cm³/mol. The summed E-state index contributed by atoms with van der Waals surface area (Å²) in [5.74, 6) is 1.45. The van der Waals surface area contributed by atoms with Crippen LogP contribution in [-0.2, 0) is 4.74 Å². The van der Waals surface area contributed by atoms with E-state index in [1.54, 1.807) is 0 Å². The van der Waals surface area contributed by atoms with Crippen LogP contribution >= 0.6 is 0 Å². The first-order valence-electron chi connectivity index (χ1n) is 10.2. The zero-order valence-corrected chi connectivity index (χ0v) is 16.4. The molecule has 0 radical (unpaired) electrons. The number of benzene rings is 1. The fourth-order valence-electron chi connectivity index (χ4n) is 3.75. The van der Waals surface area contributed by atoms with Gasteiger partial charge in [0.15, 0.2) is 0 Å². The number of rotatable bonds is 5. The summed E-state index contributed by atoms with van der Waals surface area (Å²) in [6.45, 7) is 5.45. The fourth-order valence-corrected chi connectivity index (χ4v) is 3.75. The number of anilines is 4. The predicted octanol–water partition coefficient (Wildman–Crippen LogP) is 3.08. The summed E-state index contributed by atoms with van der Waals surface area (Å²) in [5, 5.41) is 16.5. The van der Waals surface area contributed by atoms with Crippen LogP contribution in [0.3, 0.4) is 0 Å². The van der Waals surface area contributed by atoms with Crippen LogP contribution in [0.15, 0.2) is 30.5 Å². The topological polar surface area (TPSA) is 82.5 Å². The maximum atomic E-state index is 9.66. The summed E-state index contributed by atoms with van der Waals surface area (Å²) in [4.78, 5) is 11.4. The van der Waals surface area contributed by atoms with Crippen molar-refractivity contribution >= 4 is 23.1 Å². The van der Waals surface area contributed by atoms with Crippen molar-refractivity contribution in [2.75, 3.05) is 41.8 Å². The van der Waals surface area contributed by atoms with Crippen LogP contribution in [0.25, 0.3) is 0 Å². The molecule has 28 heavy (non-hydrogen) atoms. The summed E-state index contributed by atoms with van der Waals surface area (Å²) >= 11 is 0. The van der Waals surface area contributed by atoms with E-state index in [4.69, 9.17) is 4.74 Å². The Kier molecular flexibility index (Phi) is 5.92. The van der Waals surface area contributed by atoms with Crippen molar-refractivity contribution in [1.29, 1.82) is 0 Å². The summed E-state index contributed by atoms with van der Waals surface area (Å²) < 4.78 is 5.42. The first kappa shape index (κ1) is 19.0. The second-order valence-electron chi connectivity index (χ2n) is 7.65. The lowest BCUT2D eigenvalue weighted by Crippen LogP contribution is -2.36. The normalized spacial score (nSPS) is 22.7. The molecule has 0 spiro atoms. The zero-order valence-electron chi connectivity index (χ0n) is 16.4. The van der Waals surface area contributed by atoms with Gasteiger partial charge < -0.3 is 25.4 Å². The van der Waals surface area contributed by atoms with Gasteiger partial charge in [-0.2, -0.15) is 4.98 Å². The number of nitrogens with one attached hydrogen (secondary N) is 2.